The van der Waals surface area contributed by atoms with Crippen molar-refractivity contribution in [2.24, 2.45) is 0 Å². The first-order chi connectivity index (χ1) is 13.6. The topological polar surface area (TPSA) is 81.8 Å². The molecule has 1 saturated heterocycles. The summed E-state index contributed by atoms with van der Waals surface area (Å²) in [6.07, 6.45) is 5.36. The zero-order chi connectivity index (χ0) is 19.3. The van der Waals surface area contributed by atoms with Gasteiger partial charge in [-0.25, -0.2) is 13.9 Å². The number of hydrogen-bond donors (Lipinski definition) is 1. The molecule has 0 amide bonds. The minimum atomic E-state index is -4.04. The third kappa shape index (κ3) is 2.63. The Morgan fingerprint density at radius 3 is 2.86 bits per heavy atom. The molecule has 28 heavy (non-hydrogen) atoms. The van der Waals surface area contributed by atoms with Gasteiger partial charge >= 0.3 is 10.2 Å². The molecule has 0 radical (unpaired) electrons. The molecule has 1 aliphatic heterocycles. The lowest BCUT2D eigenvalue weighted by atomic mass is 9.92. The van der Waals surface area contributed by atoms with Gasteiger partial charge in [0.05, 0.1) is 11.0 Å². The summed E-state index contributed by atoms with van der Waals surface area (Å²) in [4.78, 5) is 8.56. The predicted octanol–water partition coefficient (Wildman–Crippen LogP) is 3.15. The third-order valence-electron chi connectivity index (χ3n) is 5.26. The van der Waals surface area contributed by atoms with Crippen LogP contribution in [0.25, 0.3) is 22.1 Å². The van der Waals surface area contributed by atoms with E-state index in [4.69, 9.17) is 11.6 Å². The molecule has 1 unspecified atom stereocenters. The van der Waals surface area contributed by atoms with Gasteiger partial charge in [-0.2, -0.15) is 12.4 Å². The molecule has 144 valence electrons. The maximum atomic E-state index is 13.6. The lowest BCUT2D eigenvalue weighted by molar-refractivity contribution is 0.463. The molecule has 1 atom stereocenters. The Balaban J connectivity index is 1.75. The average Bonchev–Trinajstić information content (AvgIpc) is 3.26. The second kappa shape index (κ2) is 6.58. The van der Waals surface area contributed by atoms with Gasteiger partial charge in [0, 0.05) is 24.3 Å². The molecule has 4 heterocycles. The highest BCUT2D eigenvalue weighted by Gasteiger charge is 2.28. The van der Waals surface area contributed by atoms with E-state index in [0.717, 1.165) is 40.9 Å². The first kappa shape index (κ1) is 17.7. The van der Waals surface area contributed by atoms with Gasteiger partial charge in [-0.15, -0.1) is 0 Å². The van der Waals surface area contributed by atoms with Crippen LogP contribution >= 0.6 is 11.6 Å². The number of halogens is 1. The van der Waals surface area contributed by atoms with Crippen LogP contribution in [0.4, 0.5) is 0 Å². The van der Waals surface area contributed by atoms with Gasteiger partial charge in [0.25, 0.3) is 0 Å². The van der Waals surface area contributed by atoms with Crippen LogP contribution in [-0.2, 0) is 10.2 Å². The molecule has 1 N–H and O–H groups in total. The zero-order valence-electron chi connectivity index (χ0n) is 14.9. The van der Waals surface area contributed by atoms with Gasteiger partial charge in [-0.3, -0.25) is 0 Å². The monoisotopic (exact) mass is 415 g/mol. The van der Waals surface area contributed by atoms with E-state index in [2.05, 4.69) is 15.3 Å². The van der Waals surface area contributed by atoms with Crippen molar-refractivity contribution in [1.29, 1.82) is 0 Å². The highest BCUT2D eigenvalue weighted by atomic mass is 35.5. The Kier molecular flexibility index (Phi) is 4.15. The number of pyridine rings is 1. The number of rotatable bonds is 3. The fourth-order valence-electron chi connectivity index (χ4n) is 3.96. The lowest BCUT2D eigenvalue weighted by Crippen LogP contribution is -2.28. The van der Waals surface area contributed by atoms with Crippen molar-refractivity contribution < 1.29 is 8.42 Å². The summed E-state index contributed by atoms with van der Waals surface area (Å²) in [5.41, 5.74) is 2.35. The van der Waals surface area contributed by atoms with Gasteiger partial charge in [0.15, 0.2) is 5.65 Å². The number of benzene rings is 1. The Morgan fingerprint density at radius 2 is 2.04 bits per heavy atom. The number of fused-ring (bicyclic) bond motifs is 2. The Morgan fingerprint density at radius 1 is 1.18 bits per heavy atom. The average molecular weight is 416 g/mol. The van der Waals surface area contributed by atoms with Crippen LogP contribution in [0.2, 0.25) is 5.28 Å². The van der Waals surface area contributed by atoms with Crippen molar-refractivity contribution >= 4 is 43.9 Å². The molecule has 7 nitrogen and oxygen atoms in total. The van der Waals surface area contributed by atoms with E-state index < -0.39 is 10.2 Å². The predicted molar refractivity (Wildman–Crippen MR) is 109 cm³/mol. The fraction of sp³-hybridized carbons (Fsp3) is 0.263. The SMILES string of the molecule is O=S(=O)(n1cc(C2CCCNC2)c2cccnc21)n1c(Cl)nc2ccccc21. The summed E-state index contributed by atoms with van der Waals surface area (Å²) >= 11 is 6.24. The maximum Gasteiger partial charge on any atom is 0.337 e. The smallest absolute Gasteiger partial charge is 0.316 e. The summed E-state index contributed by atoms with van der Waals surface area (Å²) in [6, 6.07) is 10.7. The van der Waals surface area contributed by atoms with E-state index in [1.54, 1.807) is 36.7 Å². The summed E-state index contributed by atoms with van der Waals surface area (Å²) < 4.78 is 29.5. The number of aromatic nitrogens is 4. The second-order valence-corrected chi connectivity index (χ2v) is 8.93. The highest BCUT2D eigenvalue weighted by molar-refractivity contribution is 7.88. The summed E-state index contributed by atoms with van der Waals surface area (Å²) in [5.74, 6) is 0.243. The Labute approximate surface area is 167 Å². The molecule has 1 aliphatic rings. The van der Waals surface area contributed by atoms with E-state index in [1.807, 2.05) is 12.1 Å². The van der Waals surface area contributed by atoms with Gasteiger partial charge in [-0.1, -0.05) is 12.1 Å². The van der Waals surface area contributed by atoms with E-state index >= 15 is 0 Å². The minimum absolute atomic E-state index is 0.0973. The summed E-state index contributed by atoms with van der Waals surface area (Å²) in [5, 5.41) is 4.14. The van der Waals surface area contributed by atoms with Crippen molar-refractivity contribution in [2.75, 3.05) is 13.1 Å². The van der Waals surface area contributed by atoms with Gasteiger partial charge in [0.1, 0.15) is 0 Å². The van der Waals surface area contributed by atoms with Crippen molar-refractivity contribution in [2.45, 2.75) is 18.8 Å². The molecular weight excluding hydrogens is 398 g/mol. The van der Waals surface area contributed by atoms with Crippen LogP contribution in [0.1, 0.15) is 24.3 Å². The standard InChI is InChI=1S/C19H18ClN5O2S/c20-19-23-16-7-1-2-8-17(16)25(19)28(26,27)24-12-15(13-5-3-9-21-11-13)14-6-4-10-22-18(14)24/h1-2,4,6-8,10,12-13,21H,3,5,9,11H2. The quantitative estimate of drug-likeness (QED) is 0.555. The number of imidazole rings is 1. The number of nitrogens with one attached hydrogen (secondary N) is 1. The minimum Gasteiger partial charge on any atom is -0.316 e. The normalized spacial score (nSPS) is 18.1. The largest absolute Gasteiger partial charge is 0.337 e. The Bertz CT molecular complexity index is 1290. The van der Waals surface area contributed by atoms with Crippen LogP contribution in [0.15, 0.2) is 48.8 Å². The van der Waals surface area contributed by atoms with E-state index in [9.17, 15) is 8.42 Å². The molecule has 0 saturated carbocycles. The summed E-state index contributed by atoms with van der Waals surface area (Å²) in [7, 11) is -4.04. The molecule has 0 spiro atoms. The molecule has 5 rings (SSSR count). The molecule has 1 fully saturated rings. The number of nitrogens with zero attached hydrogens (tertiary/aromatic N) is 4. The summed E-state index contributed by atoms with van der Waals surface area (Å²) in [6.45, 7) is 1.81. The van der Waals surface area contributed by atoms with Gasteiger partial charge < -0.3 is 5.32 Å². The first-order valence-electron chi connectivity index (χ1n) is 9.13. The number of para-hydroxylation sites is 2. The van der Waals surface area contributed by atoms with Crippen LogP contribution in [0, 0.1) is 0 Å². The Hall–Kier alpha value is -2.42. The van der Waals surface area contributed by atoms with Gasteiger partial charge in [-0.05, 0) is 66.7 Å². The van der Waals surface area contributed by atoms with Crippen LogP contribution in [0.5, 0.6) is 0 Å². The zero-order valence-corrected chi connectivity index (χ0v) is 16.5. The van der Waals surface area contributed by atoms with E-state index in [-0.39, 0.29) is 11.2 Å². The molecule has 3 aromatic heterocycles. The molecular formula is C19H18ClN5O2S. The van der Waals surface area contributed by atoms with E-state index in [0.29, 0.717) is 16.7 Å². The fourth-order valence-corrected chi connectivity index (χ4v) is 5.82. The van der Waals surface area contributed by atoms with Gasteiger partial charge in [0.2, 0.25) is 5.28 Å². The van der Waals surface area contributed by atoms with Crippen LogP contribution in [-0.4, -0.2) is 39.4 Å². The number of hydrogen-bond acceptors (Lipinski definition) is 5. The molecule has 0 aliphatic carbocycles. The van der Waals surface area contributed by atoms with Crippen LogP contribution < -0.4 is 5.32 Å². The van der Waals surface area contributed by atoms with Crippen molar-refractivity contribution in [1.82, 2.24) is 23.2 Å². The highest BCUT2D eigenvalue weighted by Crippen LogP contribution is 2.33. The molecule has 0 bridgehead atoms. The molecule has 9 heteroatoms. The lowest BCUT2D eigenvalue weighted by Gasteiger charge is -2.22. The van der Waals surface area contributed by atoms with Crippen LogP contribution in [0.3, 0.4) is 0 Å². The maximum absolute atomic E-state index is 13.6. The third-order valence-corrected chi connectivity index (χ3v) is 7.22. The van der Waals surface area contributed by atoms with Crippen molar-refractivity contribution in [3.63, 3.8) is 0 Å². The van der Waals surface area contributed by atoms with Crippen molar-refractivity contribution in [3.8, 4) is 0 Å². The molecule has 4 aromatic rings. The van der Waals surface area contributed by atoms with E-state index in [1.165, 1.54) is 3.97 Å². The first-order valence-corrected chi connectivity index (χ1v) is 10.9. The second-order valence-electron chi connectivity index (χ2n) is 6.94. The number of piperidine rings is 1. The van der Waals surface area contributed by atoms with Crippen molar-refractivity contribution in [3.05, 3.63) is 59.6 Å². The molecule has 1 aromatic carbocycles.